The number of hydrogen-bond acceptors (Lipinski definition) is 2. The van der Waals surface area contributed by atoms with E-state index in [-0.39, 0.29) is 17.4 Å². The van der Waals surface area contributed by atoms with E-state index in [1.54, 1.807) is 0 Å². The molecule has 2 aliphatic carbocycles. The van der Waals surface area contributed by atoms with Crippen molar-refractivity contribution in [3.63, 3.8) is 0 Å². The monoisotopic (exact) mass is 198 g/mol. The van der Waals surface area contributed by atoms with E-state index in [1.165, 1.54) is 12.8 Å². The van der Waals surface area contributed by atoms with Crippen molar-refractivity contribution >= 4 is 0 Å². The lowest BCUT2D eigenvalue weighted by Gasteiger charge is -2.54. The molecule has 0 spiro atoms. The highest BCUT2D eigenvalue weighted by atomic mass is 16.3. The molecule has 4 atom stereocenters. The molecule has 0 bridgehead atoms. The van der Waals surface area contributed by atoms with E-state index in [4.69, 9.17) is 0 Å². The minimum absolute atomic E-state index is 0.0949. The lowest BCUT2D eigenvalue weighted by atomic mass is 9.54. The van der Waals surface area contributed by atoms with Gasteiger partial charge in [0.05, 0.1) is 11.7 Å². The predicted molar refractivity (Wildman–Crippen MR) is 55.9 cm³/mol. The normalized spacial score (nSPS) is 54.0. The summed E-state index contributed by atoms with van der Waals surface area (Å²) in [5.41, 5.74) is -0.466. The van der Waals surface area contributed by atoms with Crippen LogP contribution in [-0.4, -0.2) is 21.9 Å². The van der Waals surface area contributed by atoms with Gasteiger partial charge in [-0.05, 0) is 38.0 Å². The molecule has 0 radical (unpaired) electrons. The first-order chi connectivity index (χ1) is 6.46. The molecule has 0 amide bonds. The molecule has 0 heterocycles. The van der Waals surface area contributed by atoms with Crippen molar-refractivity contribution in [3.8, 4) is 0 Å². The molecule has 2 rings (SSSR count). The third-order valence-electron chi connectivity index (χ3n) is 4.48. The molecule has 2 N–H and O–H groups in total. The average molecular weight is 198 g/mol. The summed E-state index contributed by atoms with van der Waals surface area (Å²) in [6.07, 6.45) is 6.00. The van der Waals surface area contributed by atoms with Crippen LogP contribution in [0, 0.1) is 11.3 Å². The van der Waals surface area contributed by atoms with Gasteiger partial charge in [-0.15, -0.1) is 0 Å². The zero-order valence-electron chi connectivity index (χ0n) is 9.29. The maximum atomic E-state index is 10.3. The third kappa shape index (κ3) is 1.49. The van der Waals surface area contributed by atoms with Crippen molar-refractivity contribution in [1.82, 2.24) is 0 Å². The second kappa shape index (κ2) is 3.21. The van der Waals surface area contributed by atoms with Crippen molar-refractivity contribution < 1.29 is 10.2 Å². The minimum Gasteiger partial charge on any atom is -0.393 e. The summed E-state index contributed by atoms with van der Waals surface area (Å²) < 4.78 is 0. The Kier molecular flexibility index (Phi) is 2.39. The summed E-state index contributed by atoms with van der Waals surface area (Å²) in [6, 6.07) is 0. The average Bonchev–Trinajstić information content (AvgIpc) is 2.00. The smallest absolute Gasteiger partial charge is 0.0677 e. The van der Waals surface area contributed by atoms with Gasteiger partial charge in [-0.25, -0.2) is 0 Å². The Hall–Kier alpha value is -0.0800. The van der Waals surface area contributed by atoms with Gasteiger partial charge in [0, 0.05) is 5.92 Å². The molecule has 2 nitrogen and oxygen atoms in total. The highest BCUT2D eigenvalue weighted by Crippen LogP contribution is 2.53. The fourth-order valence-electron chi connectivity index (χ4n) is 3.95. The first kappa shape index (κ1) is 10.4. The molecule has 2 saturated carbocycles. The number of aliphatic hydroxyl groups is 2. The van der Waals surface area contributed by atoms with Crippen LogP contribution >= 0.6 is 0 Å². The van der Waals surface area contributed by atoms with Gasteiger partial charge in [0.25, 0.3) is 0 Å². The predicted octanol–water partition coefficient (Wildman–Crippen LogP) is 2.09. The van der Waals surface area contributed by atoms with Gasteiger partial charge in [0.2, 0.25) is 0 Å². The van der Waals surface area contributed by atoms with E-state index in [0.717, 1.165) is 25.7 Å². The minimum atomic E-state index is -0.646. The third-order valence-corrected chi connectivity index (χ3v) is 4.48. The standard InChI is InChI=1S/C12H22O2/c1-11-6-3-5-9(13)10(11)12(2,14)8-4-7-11/h9-10,13-14H,3-8H2,1-2H3. The van der Waals surface area contributed by atoms with Crippen molar-refractivity contribution in [2.75, 3.05) is 0 Å². The first-order valence-electron chi connectivity index (χ1n) is 5.86. The second-order valence-corrected chi connectivity index (χ2v) is 5.80. The molecule has 0 aromatic heterocycles. The SMILES string of the molecule is CC1(O)CCCC2(C)CCCC(O)C12. The number of hydrogen-bond donors (Lipinski definition) is 2. The van der Waals surface area contributed by atoms with E-state index in [9.17, 15) is 10.2 Å². The largest absolute Gasteiger partial charge is 0.393 e. The van der Waals surface area contributed by atoms with Crippen LogP contribution in [0.2, 0.25) is 0 Å². The summed E-state index contributed by atoms with van der Waals surface area (Å²) in [5.74, 6) is 0.0949. The number of aliphatic hydroxyl groups excluding tert-OH is 1. The van der Waals surface area contributed by atoms with Gasteiger partial charge in [0.15, 0.2) is 0 Å². The fraction of sp³-hybridized carbons (Fsp3) is 1.00. The van der Waals surface area contributed by atoms with Gasteiger partial charge >= 0.3 is 0 Å². The van der Waals surface area contributed by atoms with E-state index in [1.807, 2.05) is 6.92 Å². The molecule has 0 aromatic rings. The maximum absolute atomic E-state index is 10.3. The zero-order chi connectivity index (χ0) is 10.4. The molecule has 0 saturated heterocycles. The summed E-state index contributed by atoms with van der Waals surface area (Å²) >= 11 is 0. The van der Waals surface area contributed by atoms with Gasteiger partial charge < -0.3 is 10.2 Å². The molecule has 4 unspecified atom stereocenters. The molecule has 82 valence electrons. The van der Waals surface area contributed by atoms with Crippen LogP contribution in [0.4, 0.5) is 0 Å². The van der Waals surface area contributed by atoms with E-state index in [2.05, 4.69) is 6.92 Å². The van der Waals surface area contributed by atoms with Crippen molar-refractivity contribution in [1.29, 1.82) is 0 Å². The maximum Gasteiger partial charge on any atom is 0.0677 e. The number of fused-ring (bicyclic) bond motifs is 1. The van der Waals surface area contributed by atoms with Crippen molar-refractivity contribution in [2.24, 2.45) is 11.3 Å². The molecule has 0 aliphatic heterocycles. The van der Waals surface area contributed by atoms with Gasteiger partial charge in [-0.1, -0.05) is 19.8 Å². The molecule has 2 fully saturated rings. The summed E-state index contributed by atoms with van der Waals surface area (Å²) in [5, 5.41) is 20.4. The van der Waals surface area contributed by atoms with Crippen LogP contribution in [0.5, 0.6) is 0 Å². The first-order valence-corrected chi connectivity index (χ1v) is 5.86. The molecule has 14 heavy (non-hydrogen) atoms. The van der Waals surface area contributed by atoms with E-state index in [0.29, 0.717) is 0 Å². The topological polar surface area (TPSA) is 40.5 Å². The van der Waals surface area contributed by atoms with Crippen LogP contribution in [-0.2, 0) is 0 Å². The fourth-order valence-corrected chi connectivity index (χ4v) is 3.95. The van der Waals surface area contributed by atoms with Crippen molar-refractivity contribution in [3.05, 3.63) is 0 Å². The molecule has 2 aliphatic rings. The van der Waals surface area contributed by atoms with E-state index >= 15 is 0 Å². The Bertz CT molecular complexity index is 220. The Labute approximate surface area is 86.3 Å². The van der Waals surface area contributed by atoms with Crippen molar-refractivity contribution in [2.45, 2.75) is 64.1 Å². The van der Waals surface area contributed by atoms with Crippen LogP contribution in [0.15, 0.2) is 0 Å². The molecular weight excluding hydrogens is 176 g/mol. The molecule has 2 heteroatoms. The summed E-state index contributed by atoms with van der Waals surface area (Å²) in [6.45, 7) is 4.15. The Morgan fingerprint density at radius 2 is 1.71 bits per heavy atom. The molecular formula is C12H22O2. The van der Waals surface area contributed by atoms with Gasteiger partial charge in [-0.2, -0.15) is 0 Å². The lowest BCUT2D eigenvalue weighted by Crippen LogP contribution is -2.55. The van der Waals surface area contributed by atoms with Crippen LogP contribution in [0.25, 0.3) is 0 Å². The van der Waals surface area contributed by atoms with Gasteiger partial charge in [-0.3, -0.25) is 0 Å². The van der Waals surface area contributed by atoms with Gasteiger partial charge in [0.1, 0.15) is 0 Å². The summed E-state index contributed by atoms with van der Waals surface area (Å²) in [7, 11) is 0. The van der Waals surface area contributed by atoms with Crippen LogP contribution in [0.3, 0.4) is 0 Å². The Morgan fingerprint density at radius 1 is 1.07 bits per heavy atom. The number of rotatable bonds is 0. The Morgan fingerprint density at radius 3 is 2.36 bits per heavy atom. The van der Waals surface area contributed by atoms with Crippen LogP contribution < -0.4 is 0 Å². The highest BCUT2D eigenvalue weighted by molar-refractivity contribution is 5.03. The quantitative estimate of drug-likeness (QED) is 0.625. The lowest BCUT2D eigenvalue weighted by molar-refractivity contribution is -0.162. The second-order valence-electron chi connectivity index (χ2n) is 5.80. The van der Waals surface area contributed by atoms with E-state index < -0.39 is 5.60 Å². The zero-order valence-corrected chi connectivity index (χ0v) is 9.29. The summed E-state index contributed by atoms with van der Waals surface area (Å²) in [4.78, 5) is 0. The molecule has 0 aromatic carbocycles. The highest BCUT2D eigenvalue weighted by Gasteiger charge is 2.52. The van der Waals surface area contributed by atoms with Crippen LogP contribution in [0.1, 0.15) is 52.4 Å². The Balaban J connectivity index is 2.28.